The first-order valence-corrected chi connectivity index (χ1v) is 10.4. The van der Waals surface area contributed by atoms with E-state index in [0.717, 1.165) is 33.8 Å². The van der Waals surface area contributed by atoms with Gasteiger partial charge in [0.05, 0.1) is 22.5 Å². The fourth-order valence-electron chi connectivity index (χ4n) is 3.25. The largest absolute Gasteiger partial charge is 0.294 e. The van der Waals surface area contributed by atoms with Crippen LogP contribution < -0.4 is 5.56 Å². The highest BCUT2D eigenvalue weighted by molar-refractivity contribution is 7.98. The average molecular weight is 427 g/mol. The zero-order chi connectivity index (χ0) is 20.7. The quantitative estimate of drug-likeness (QED) is 0.365. The Balaban J connectivity index is 1.80. The van der Waals surface area contributed by atoms with Crippen LogP contribution in [-0.4, -0.2) is 29.5 Å². The number of halogens is 1. The summed E-state index contributed by atoms with van der Waals surface area (Å²) in [6, 6.07) is 9.28. The zero-order valence-corrected chi connectivity index (χ0v) is 18.0. The first kappa shape index (κ1) is 19.6. The molecule has 9 heteroatoms. The standard InChI is InChI=1S/C20H19ClN6OS/c1-11-9-12(2)23-20(22-11)29-10-16-17-13(3)27(15-7-5-14(21)6-8-15)25-18(17)19(28)26(4)24-16/h5-9H,10H2,1-4H3. The fourth-order valence-corrected chi connectivity index (χ4v) is 4.26. The van der Waals surface area contributed by atoms with Crippen molar-refractivity contribution in [2.45, 2.75) is 31.7 Å². The van der Waals surface area contributed by atoms with Crippen molar-refractivity contribution >= 4 is 34.3 Å². The lowest BCUT2D eigenvalue weighted by molar-refractivity contribution is 0.700. The predicted molar refractivity (Wildman–Crippen MR) is 115 cm³/mol. The first-order valence-electron chi connectivity index (χ1n) is 9.00. The molecule has 0 aliphatic carbocycles. The topological polar surface area (TPSA) is 78.5 Å². The van der Waals surface area contributed by atoms with Gasteiger partial charge in [-0.25, -0.2) is 19.3 Å². The van der Waals surface area contributed by atoms with E-state index in [1.807, 2.05) is 39.0 Å². The lowest BCUT2D eigenvalue weighted by atomic mass is 10.2. The van der Waals surface area contributed by atoms with Crippen molar-refractivity contribution in [3.8, 4) is 5.69 Å². The van der Waals surface area contributed by atoms with Crippen LogP contribution >= 0.6 is 23.4 Å². The van der Waals surface area contributed by atoms with E-state index in [2.05, 4.69) is 20.2 Å². The van der Waals surface area contributed by atoms with E-state index in [-0.39, 0.29) is 5.56 Å². The highest BCUT2D eigenvalue weighted by atomic mass is 35.5. The van der Waals surface area contributed by atoms with Crippen LogP contribution in [-0.2, 0) is 12.8 Å². The number of aryl methyl sites for hydroxylation is 4. The minimum Gasteiger partial charge on any atom is -0.265 e. The molecule has 0 N–H and O–H groups in total. The van der Waals surface area contributed by atoms with Crippen LogP contribution in [0.4, 0.5) is 0 Å². The molecule has 3 aromatic heterocycles. The Kier molecular flexibility index (Phi) is 5.14. The summed E-state index contributed by atoms with van der Waals surface area (Å²) in [5.74, 6) is 0.528. The third-order valence-corrected chi connectivity index (χ3v) is 5.65. The van der Waals surface area contributed by atoms with Gasteiger partial charge in [0.2, 0.25) is 0 Å². The number of aromatic nitrogens is 6. The molecule has 0 aliphatic heterocycles. The van der Waals surface area contributed by atoms with Crippen LogP contribution in [0.1, 0.15) is 22.8 Å². The molecule has 0 radical (unpaired) electrons. The van der Waals surface area contributed by atoms with Gasteiger partial charge in [0.1, 0.15) is 0 Å². The van der Waals surface area contributed by atoms with E-state index < -0.39 is 0 Å². The van der Waals surface area contributed by atoms with Gasteiger partial charge in [-0.15, -0.1) is 0 Å². The van der Waals surface area contributed by atoms with E-state index in [0.29, 0.717) is 21.4 Å². The summed E-state index contributed by atoms with van der Waals surface area (Å²) in [6.45, 7) is 5.83. The van der Waals surface area contributed by atoms with Crippen LogP contribution in [0.5, 0.6) is 0 Å². The van der Waals surface area contributed by atoms with Crippen LogP contribution in [0, 0.1) is 20.8 Å². The number of fused-ring (bicyclic) bond motifs is 1. The second-order valence-electron chi connectivity index (χ2n) is 6.79. The third kappa shape index (κ3) is 3.77. The molecule has 7 nitrogen and oxygen atoms in total. The first-order chi connectivity index (χ1) is 13.8. The second-order valence-corrected chi connectivity index (χ2v) is 8.17. The Bertz CT molecular complexity index is 1260. The minimum atomic E-state index is -0.229. The molecule has 0 unspecified atom stereocenters. The van der Waals surface area contributed by atoms with Gasteiger partial charge in [-0.2, -0.15) is 10.2 Å². The van der Waals surface area contributed by atoms with Gasteiger partial charge in [0.25, 0.3) is 5.56 Å². The lowest BCUT2D eigenvalue weighted by Gasteiger charge is -2.07. The molecular formula is C20H19ClN6OS. The Morgan fingerprint density at radius 1 is 1.03 bits per heavy atom. The van der Waals surface area contributed by atoms with Gasteiger partial charge >= 0.3 is 0 Å². The van der Waals surface area contributed by atoms with E-state index in [9.17, 15) is 4.79 Å². The number of hydrogen-bond acceptors (Lipinski definition) is 6. The van der Waals surface area contributed by atoms with Gasteiger partial charge < -0.3 is 0 Å². The van der Waals surface area contributed by atoms with Crippen molar-refractivity contribution in [2.24, 2.45) is 7.05 Å². The molecule has 0 saturated heterocycles. The second kappa shape index (κ2) is 7.61. The van der Waals surface area contributed by atoms with Gasteiger partial charge in [0, 0.05) is 29.2 Å². The Morgan fingerprint density at radius 3 is 2.34 bits per heavy atom. The summed E-state index contributed by atoms with van der Waals surface area (Å²) in [6.07, 6.45) is 0. The predicted octanol–water partition coefficient (Wildman–Crippen LogP) is 3.78. The van der Waals surface area contributed by atoms with E-state index >= 15 is 0 Å². The smallest absolute Gasteiger partial charge is 0.265 e. The average Bonchev–Trinajstić information content (AvgIpc) is 3.01. The van der Waals surface area contributed by atoms with Gasteiger partial charge in [-0.3, -0.25) is 4.79 Å². The molecule has 0 amide bonds. The number of rotatable bonds is 4. The van der Waals surface area contributed by atoms with Crippen molar-refractivity contribution in [1.29, 1.82) is 0 Å². The van der Waals surface area contributed by atoms with E-state index in [1.54, 1.807) is 23.9 Å². The molecule has 148 valence electrons. The fraction of sp³-hybridized carbons (Fsp3) is 0.250. The van der Waals surface area contributed by atoms with E-state index in [1.165, 1.54) is 16.4 Å². The summed E-state index contributed by atoms with van der Waals surface area (Å²) in [4.78, 5) is 21.6. The Labute approximate surface area is 176 Å². The normalized spacial score (nSPS) is 11.3. The maximum Gasteiger partial charge on any atom is 0.294 e. The molecule has 0 spiro atoms. The summed E-state index contributed by atoms with van der Waals surface area (Å²) in [5.41, 5.74) is 4.47. The molecule has 3 heterocycles. The Hall–Kier alpha value is -2.71. The molecule has 0 bridgehead atoms. The molecule has 0 aliphatic rings. The third-order valence-electron chi connectivity index (χ3n) is 4.54. The number of thioether (sulfide) groups is 1. The highest BCUT2D eigenvalue weighted by Gasteiger charge is 2.19. The molecule has 0 atom stereocenters. The van der Waals surface area contributed by atoms with Gasteiger partial charge in [-0.1, -0.05) is 23.4 Å². The van der Waals surface area contributed by atoms with Crippen LogP contribution in [0.3, 0.4) is 0 Å². The molecule has 0 fully saturated rings. The molecular weight excluding hydrogens is 408 g/mol. The minimum absolute atomic E-state index is 0.229. The maximum atomic E-state index is 12.7. The monoisotopic (exact) mass is 426 g/mol. The number of nitrogens with zero attached hydrogens (tertiary/aromatic N) is 6. The summed E-state index contributed by atoms with van der Waals surface area (Å²) < 4.78 is 3.09. The zero-order valence-electron chi connectivity index (χ0n) is 16.5. The molecule has 4 aromatic rings. The van der Waals surface area contributed by atoms with Crippen molar-refractivity contribution < 1.29 is 0 Å². The number of hydrogen-bond donors (Lipinski definition) is 0. The molecule has 4 rings (SSSR count). The summed E-state index contributed by atoms with van der Waals surface area (Å²) in [5, 5.41) is 11.2. The summed E-state index contributed by atoms with van der Waals surface area (Å²) >= 11 is 7.50. The van der Waals surface area contributed by atoms with Crippen molar-refractivity contribution in [2.75, 3.05) is 0 Å². The SMILES string of the molecule is Cc1cc(C)nc(SCc2nn(C)c(=O)c3nn(-c4ccc(Cl)cc4)c(C)c23)n1. The molecule has 1 aromatic carbocycles. The Morgan fingerprint density at radius 2 is 1.69 bits per heavy atom. The van der Waals surface area contributed by atoms with Gasteiger partial charge in [-0.05, 0) is 51.1 Å². The maximum absolute atomic E-state index is 12.7. The highest BCUT2D eigenvalue weighted by Crippen LogP contribution is 2.27. The summed E-state index contributed by atoms with van der Waals surface area (Å²) in [7, 11) is 1.64. The van der Waals surface area contributed by atoms with Crippen molar-refractivity contribution in [1.82, 2.24) is 29.5 Å². The molecule has 29 heavy (non-hydrogen) atoms. The van der Waals surface area contributed by atoms with Crippen LogP contribution in [0.25, 0.3) is 16.6 Å². The van der Waals surface area contributed by atoms with Crippen molar-refractivity contribution in [3.63, 3.8) is 0 Å². The van der Waals surface area contributed by atoms with Crippen LogP contribution in [0.15, 0.2) is 40.3 Å². The lowest BCUT2D eigenvalue weighted by Crippen LogP contribution is -2.21. The molecule has 0 saturated carbocycles. The van der Waals surface area contributed by atoms with Gasteiger partial charge in [0.15, 0.2) is 10.7 Å². The van der Waals surface area contributed by atoms with Crippen LogP contribution in [0.2, 0.25) is 5.02 Å². The number of benzene rings is 1. The van der Waals surface area contributed by atoms with E-state index in [4.69, 9.17) is 11.6 Å². The van der Waals surface area contributed by atoms with Crippen molar-refractivity contribution in [3.05, 3.63) is 68.5 Å².